The van der Waals surface area contributed by atoms with Gasteiger partial charge in [0.25, 0.3) is 0 Å². The van der Waals surface area contributed by atoms with Gasteiger partial charge in [-0.3, -0.25) is 0 Å². The van der Waals surface area contributed by atoms with Gasteiger partial charge < -0.3 is 4.74 Å². The van der Waals surface area contributed by atoms with Gasteiger partial charge >= 0.3 is 0 Å². The minimum atomic E-state index is 0.0537. The van der Waals surface area contributed by atoms with E-state index in [0.717, 1.165) is 17.7 Å². The minimum absolute atomic E-state index is 0.0537. The first-order valence-electron chi connectivity index (χ1n) is 7.51. The molecule has 1 rings (SSSR count). The van der Waals surface area contributed by atoms with Crippen LogP contribution in [0, 0.1) is 12.8 Å². The number of rotatable bonds is 8. The van der Waals surface area contributed by atoms with E-state index >= 15 is 0 Å². The van der Waals surface area contributed by atoms with Crippen molar-refractivity contribution in [1.82, 2.24) is 0 Å². The molecule has 0 radical (unpaired) electrons. The van der Waals surface area contributed by atoms with Crippen molar-refractivity contribution in [3.8, 4) is 5.75 Å². The van der Waals surface area contributed by atoms with E-state index in [2.05, 4.69) is 39.0 Å². The Morgan fingerprint density at radius 2 is 1.95 bits per heavy atom. The first kappa shape index (κ1) is 16.4. The zero-order valence-corrected chi connectivity index (χ0v) is 13.5. The predicted molar refractivity (Wildman–Crippen MR) is 84.2 cm³/mol. The van der Waals surface area contributed by atoms with E-state index in [0.29, 0.717) is 12.5 Å². The van der Waals surface area contributed by atoms with Crippen LogP contribution in [0.15, 0.2) is 18.2 Å². The molecule has 0 heterocycles. The molecule has 19 heavy (non-hydrogen) atoms. The molecule has 2 unspecified atom stereocenters. The molecule has 108 valence electrons. The fraction of sp³-hybridized carbons (Fsp3) is 0.647. The highest BCUT2D eigenvalue weighted by Crippen LogP contribution is 2.39. The van der Waals surface area contributed by atoms with E-state index in [1.54, 1.807) is 0 Å². The Bertz CT molecular complexity index is 376. The van der Waals surface area contributed by atoms with Crippen molar-refractivity contribution >= 4 is 11.6 Å². The normalized spacial score (nSPS) is 14.2. The molecule has 0 saturated carbocycles. The van der Waals surface area contributed by atoms with Crippen LogP contribution in [-0.4, -0.2) is 6.61 Å². The minimum Gasteiger partial charge on any atom is -0.494 e. The summed E-state index contributed by atoms with van der Waals surface area (Å²) in [5.74, 6) is 1.48. The molecule has 1 aromatic carbocycles. The molecule has 0 amide bonds. The van der Waals surface area contributed by atoms with Crippen molar-refractivity contribution in [3.05, 3.63) is 29.3 Å². The summed E-state index contributed by atoms with van der Waals surface area (Å²) < 4.78 is 5.73. The summed E-state index contributed by atoms with van der Waals surface area (Å²) in [6.07, 6.45) is 4.79. The molecule has 0 fully saturated rings. The summed E-state index contributed by atoms with van der Waals surface area (Å²) in [4.78, 5) is 0. The first-order valence-corrected chi connectivity index (χ1v) is 7.95. The van der Waals surface area contributed by atoms with Crippen LogP contribution < -0.4 is 4.74 Å². The van der Waals surface area contributed by atoms with Crippen LogP contribution in [-0.2, 0) is 0 Å². The standard InChI is InChI=1S/C17H27ClO/c1-5-8-9-14(6-2)17(18)15-12-13(4)10-11-16(15)19-7-3/h10-12,14,17H,5-9H2,1-4H3. The van der Waals surface area contributed by atoms with Gasteiger partial charge in [-0.2, -0.15) is 0 Å². The van der Waals surface area contributed by atoms with Crippen LogP contribution in [0.2, 0.25) is 0 Å². The molecular formula is C17H27ClO. The van der Waals surface area contributed by atoms with E-state index in [9.17, 15) is 0 Å². The fourth-order valence-corrected chi connectivity index (χ4v) is 2.92. The maximum absolute atomic E-state index is 6.74. The van der Waals surface area contributed by atoms with Crippen LogP contribution in [0.25, 0.3) is 0 Å². The van der Waals surface area contributed by atoms with E-state index in [1.165, 1.54) is 24.8 Å². The number of benzene rings is 1. The molecule has 0 aliphatic carbocycles. The van der Waals surface area contributed by atoms with Crippen molar-refractivity contribution in [2.45, 2.75) is 58.8 Å². The number of hydrogen-bond acceptors (Lipinski definition) is 1. The molecule has 0 spiro atoms. The summed E-state index contributed by atoms with van der Waals surface area (Å²) in [6, 6.07) is 6.32. The summed E-state index contributed by atoms with van der Waals surface area (Å²) in [5, 5.41) is 0.0537. The van der Waals surface area contributed by atoms with E-state index in [1.807, 2.05) is 6.92 Å². The largest absolute Gasteiger partial charge is 0.494 e. The Kier molecular flexibility index (Phi) is 7.30. The van der Waals surface area contributed by atoms with Crippen molar-refractivity contribution in [1.29, 1.82) is 0 Å². The Morgan fingerprint density at radius 1 is 1.21 bits per heavy atom. The number of unbranched alkanes of at least 4 members (excludes halogenated alkanes) is 1. The highest BCUT2D eigenvalue weighted by molar-refractivity contribution is 6.21. The molecule has 1 nitrogen and oxygen atoms in total. The molecule has 2 atom stereocenters. The fourth-order valence-electron chi connectivity index (χ4n) is 2.45. The Labute approximate surface area is 123 Å². The van der Waals surface area contributed by atoms with Crippen molar-refractivity contribution in [3.63, 3.8) is 0 Å². The molecule has 0 aliphatic heterocycles. The molecule has 0 N–H and O–H groups in total. The molecule has 0 aromatic heterocycles. The summed E-state index contributed by atoms with van der Waals surface area (Å²) >= 11 is 6.74. The predicted octanol–water partition coefficient (Wildman–Crippen LogP) is 5.89. The SMILES string of the molecule is CCCCC(CC)C(Cl)c1cc(C)ccc1OCC. The van der Waals surface area contributed by atoms with Crippen molar-refractivity contribution < 1.29 is 4.74 Å². The average molecular weight is 283 g/mol. The lowest BCUT2D eigenvalue weighted by Crippen LogP contribution is -2.09. The zero-order chi connectivity index (χ0) is 14.3. The summed E-state index contributed by atoms with van der Waals surface area (Å²) in [5.41, 5.74) is 2.40. The molecule has 2 heteroatoms. The van der Waals surface area contributed by atoms with E-state index in [-0.39, 0.29) is 5.38 Å². The molecule has 1 aromatic rings. The lowest BCUT2D eigenvalue weighted by Gasteiger charge is -2.23. The summed E-state index contributed by atoms with van der Waals surface area (Å²) in [6.45, 7) is 9.27. The highest BCUT2D eigenvalue weighted by Gasteiger charge is 2.22. The topological polar surface area (TPSA) is 9.23 Å². The van der Waals surface area contributed by atoms with E-state index < -0.39 is 0 Å². The lowest BCUT2D eigenvalue weighted by molar-refractivity contribution is 0.331. The third-order valence-electron chi connectivity index (χ3n) is 3.63. The van der Waals surface area contributed by atoms with Crippen LogP contribution in [0.4, 0.5) is 0 Å². The third kappa shape index (κ3) is 4.72. The highest BCUT2D eigenvalue weighted by atomic mass is 35.5. The number of halogens is 1. The van der Waals surface area contributed by atoms with Gasteiger partial charge in [-0.05, 0) is 32.3 Å². The van der Waals surface area contributed by atoms with Gasteiger partial charge in [0, 0.05) is 5.56 Å². The Morgan fingerprint density at radius 3 is 2.53 bits per heavy atom. The van der Waals surface area contributed by atoms with Crippen LogP contribution in [0.3, 0.4) is 0 Å². The van der Waals surface area contributed by atoms with Gasteiger partial charge in [-0.25, -0.2) is 0 Å². The van der Waals surface area contributed by atoms with Crippen molar-refractivity contribution in [2.75, 3.05) is 6.61 Å². The molecule has 0 bridgehead atoms. The Hall–Kier alpha value is -0.690. The van der Waals surface area contributed by atoms with Gasteiger partial charge in [0.05, 0.1) is 12.0 Å². The average Bonchev–Trinajstić information content (AvgIpc) is 2.41. The first-order chi connectivity index (χ1) is 9.13. The second-order valence-corrected chi connectivity index (χ2v) is 5.66. The van der Waals surface area contributed by atoms with Gasteiger partial charge in [-0.15, -0.1) is 11.6 Å². The maximum atomic E-state index is 6.74. The maximum Gasteiger partial charge on any atom is 0.123 e. The zero-order valence-electron chi connectivity index (χ0n) is 12.7. The van der Waals surface area contributed by atoms with Crippen LogP contribution >= 0.6 is 11.6 Å². The van der Waals surface area contributed by atoms with Crippen LogP contribution in [0.1, 0.15) is 63.0 Å². The monoisotopic (exact) mass is 282 g/mol. The molecule has 0 aliphatic rings. The number of hydrogen-bond donors (Lipinski definition) is 0. The van der Waals surface area contributed by atoms with Crippen molar-refractivity contribution in [2.24, 2.45) is 5.92 Å². The number of aryl methyl sites for hydroxylation is 1. The quantitative estimate of drug-likeness (QED) is 0.540. The summed E-state index contributed by atoms with van der Waals surface area (Å²) in [7, 11) is 0. The van der Waals surface area contributed by atoms with Gasteiger partial charge in [-0.1, -0.05) is 50.8 Å². The molecular weight excluding hydrogens is 256 g/mol. The van der Waals surface area contributed by atoms with E-state index in [4.69, 9.17) is 16.3 Å². The molecule has 0 saturated heterocycles. The van der Waals surface area contributed by atoms with Gasteiger partial charge in [0.1, 0.15) is 5.75 Å². The second kappa shape index (κ2) is 8.47. The van der Waals surface area contributed by atoms with Gasteiger partial charge in [0.15, 0.2) is 0 Å². The van der Waals surface area contributed by atoms with Crippen LogP contribution in [0.5, 0.6) is 5.75 Å². The Balaban J connectivity index is 2.94. The lowest BCUT2D eigenvalue weighted by atomic mass is 9.90. The number of alkyl halides is 1. The third-order valence-corrected chi connectivity index (χ3v) is 4.22. The van der Waals surface area contributed by atoms with Gasteiger partial charge in [0.2, 0.25) is 0 Å². The smallest absolute Gasteiger partial charge is 0.123 e. The number of ether oxygens (including phenoxy) is 1. The second-order valence-electron chi connectivity index (χ2n) is 5.19.